The van der Waals surface area contributed by atoms with Crippen molar-refractivity contribution in [3.05, 3.63) is 29.8 Å². The number of sulfone groups is 1. The fourth-order valence-corrected chi connectivity index (χ4v) is 3.11. The number of halogens is 3. The molecule has 1 rings (SSSR count). The molecule has 0 bridgehead atoms. The fourth-order valence-electron chi connectivity index (χ4n) is 1.62. The van der Waals surface area contributed by atoms with E-state index in [0.29, 0.717) is 6.07 Å². The molecule has 0 spiro atoms. The van der Waals surface area contributed by atoms with Crippen LogP contribution in [0.5, 0.6) is 0 Å². The zero-order valence-electron chi connectivity index (χ0n) is 10.7. The fraction of sp³-hybridized carbons (Fsp3) is 0.417. The monoisotopic (exact) mass is 310 g/mol. The van der Waals surface area contributed by atoms with E-state index in [9.17, 15) is 26.4 Å². The van der Waals surface area contributed by atoms with Crippen LogP contribution in [0.2, 0.25) is 0 Å². The summed E-state index contributed by atoms with van der Waals surface area (Å²) in [5, 5.41) is 8.70. The van der Waals surface area contributed by atoms with Crippen molar-refractivity contribution < 1.29 is 31.5 Å². The smallest absolute Gasteiger partial charge is 0.416 e. The molecule has 0 aliphatic heterocycles. The molecule has 0 saturated carbocycles. The molecule has 1 N–H and O–H groups in total. The standard InChI is InChI=1S/C12H13F3O4S/c1-11(2,7-10(16)17)20(18,19)9-5-3-4-8(6-9)12(13,14)15/h3-6H,7H2,1-2H3,(H,16,17). The lowest BCUT2D eigenvalue weighted by molar-refractivity contribution is -0.138. The van der Waals surface area contributed by atoms with E-state index in [4.69, 9.17) is 5.11 Å². The van der Waals surface area contributed by atoms with Crippen molar-refractivity contribution in [3.8, 4) is 0 Å². The van der Waals surface area contributed by atoms with Crippen LogP contribution in [0.3, 0.4) is 0 Å². The molecule has 0 heterocycles. The van der Waals surface area contributed by atoms with E-state index in [0.717, 1.165) is 32.0 Å². The van der Waals surface area contributed by atoms with Crippen molar-refractivity contribution in [2.24, 2.45) is 0 Å². The van der Waals surface area contributed by atoms with E-state index in [1.165, 1.54) is 0 Å². The second-order valence-electron chi connectivity index (χ2n) is 4.86. The van der Waals surface area contributed by atoms with Crippen molar-refractivity contribution in [2.75, 3.05) is 0 Å². The minimum atomic E-state index is -4.66. The lowest BCUT2D eigenvalue weighted by atomic mass is 10.1. The Morgan fingerprint density at radius 1 is 1.25 bits per heavy atom. The Kier molecular flexibility index (Phi) is 4.19. The first-order chi connectivity index (χ1) is 8.88. The molecule has 8 heteroatoms. The topological polar surface area (TPSA) is 71.4 Å². The Labute approximate surface area is 114 Å². The van der Waals surface area contributed by atoms with Crippen molar-refractivity contribution in [2.45, 2.75) is 36.1 Å². The third kappa shape index (κ3) is 3.30. The summed E-state index contributed by atoms with van der Waals surface area (Å²) in [4.78, 5) is 10.1. The summed E-state index contributed by atoms with van der Waals surface area (Å²) < 4.78 is 60.5. The third-order valence-electron chi connectivity index (χ3n) is 2.78. The normalized spacial score (nSPS) is 13.2. The number of hydrogen-bond acceptors (Lipinski definition) is 3. The third-order valence-corrected chi connectivity index (χ3v) is 5.25. The lowest BCUT2D eigenvalue weighted by Gasteiger charge is -2.23. The average molecular weight is 310 g/mol. The molecule has 0 fully saturated rings. The van der Waals surface area contributed by atoms with Crippen molar-refractivity contribution in [1.82, 2.24) is 0 Å². The average Bonchev–Trinajstić information content (AvgIpc) is 2.26. The van der Waals surface area contributed by atoms with Crippen LogP contribution in [0.1, 0.15) is 25.8 Å². The van der Waals surface area contributed by atoms with E-state index in [2.05, 4.69) is 0 Å². The maximum Gasteiger partial charge on any atom is 0.416 e. The molecule has 1 aromatic carbocycles. The number of hydrogen-bond donors (Lipinski definition) is 1. The molecule has 0 atom stereocenters. The highest BCUT2D eigenvalue weighted by Crippen LogP contribution is 2.34. The zero-order chi connectivity index (χ0) is 15.8. The van der Waals surface area contributed by atoms with Gasteiger partial charge in [-0.3, -0.25) is 4.79 Å². The minimum absolute atomic E-state index is 0.513. The van der Waals surface area contributed by atoms with Gasteiger partial charge in [-0.25, -0.2) is 8.42 Å². The number of benzene rings is 1. The summed E-state index contributed by atoms with van der Waals surface area (Å²) in [5.74, 6) is -1.34. The second-order valence-corrected chi connectivity index (χ2v) is 7.44. The molecule has 0 radical (unpaired) electrons. The van der Waals surface area contributed by atoms with Crippen LogP contribution in [0, 0.1) is 0 Å². The molecule has 112 valence electrons. The summed E-state index contributed by atoms with van der Waals surface area (Å²) >= 11 is 0. The molecule has 0 amide bonds. The van der Waals surface area contributed by atoms with Gasteiger partial charge in [0, 0.05) is 0 Å². The van der Waals surface area contributed by atoms with Crippen LogP contribution in [0.25, 0.3) is 0 Å². The summed E-state index contributed by atoms with van der Waals surface area (Å²) in [6.45, 7) is 2.33. The van der Waals surface area contributed by atoms with Gasteiger partial charge in [0.2, 0.25) is 0 Å². The van der Waals surface area contributed by atoms with Gasteiger partial charge in [0.15, 0.2) is 9.84 Å². The number of aliphatic carboxylic acids is 1. The van der Waals surface area contributed by atoms with Gasteiger partial charge in [-0.05, 0) is 32.0 Å². The van der Waals surface area contributed by atoms with E-state index >= 15 is 0 Å². The first-order valence-electron chi connectivity index (χ1n) is 5.51. The highest BCUT2D eigenvalue weighted by Gasteiger charge is 2.39. The molecule has 4 nitrogen and oxygen atoms in total. The van der Waals surface area contributed by atoms with Crippen LogP contribution in [0.4, 0.5) is 13.2 Å². The molecular weight excluding hydrogens is 297 g/mol. The highest BCUT2D eigenvalue weighted by atomic mass is 32.2. The highest BCUT2D eigenvalue weighted by molar-refractivity contribution is 7.92. The molecule has 0 saturated heterocycles. The maximum absolute atomic E-state index is 12.6. The maximum atomic E-state index is 12.6. The largest absolute Gasteiger partial charge is 0.481 e. The van der Waals surface area contributed by atoms with Gasteiger partial charge >= 0.3 is 12.1 Å². The van der Waals surface area contributed by atoms with E-state index in [1.807, 2.05) is 0 Å². The van der Waals surface area contributed by atoms with Gasteiger partial charge in [-0.15, -0.1) is 0 Å². The Morgan fingerprint density at radius 2 is 1.80 bits per heavy atom. The molecule has 1 aromatic rings. The van der Waals surface area contributed by atoms with Crippen LogP contribution in [-0.4, -0.2) is 24.2 Å². The van der Waals surface area contributed by atoms with Crippen molar-refractivity contribution in [3.63, 3.8) is 0 Å². The van der Waals surface area contributed by atoms with Gasteiger partial charge < -0.3 is 5.11 Å². The molecular formula is C12H13F3O4S. The van der Waals surface area contributed by atoms with E-state index in [1.54, 1.807) is 0 Å². The Hall–Kier alpha value is -1.57. The van der Waals surface area contributed by atoms with Crippen LogP contribution >= 0.6 is 0 Å². The predicted molar refractivity (Wildman–Crippen MR) is 65.0 cm³/mol. The summed E-state index contributed by atoms with van der Waals surface area (Å²) in [7, 11) is -4.20. The van der Waals surface area contributed by atoms with Crippen LogP contribution in [-0.2, 0) is 20.8 Å². The molecule has 0 aliphatic carbocycles. The Bertz CT molecular complexity index is 618. The number of alkyl halides is 3. The van der Waals surface area contributed by atoms with Crippen molar-refractivity contribution in [1.29, 1.82) is 0 Å². The van der Waals surface area contributed by atoms with Gasteiger partial charge in [-0.2, -0.15) is 13.2 Å². The van der Waals surface area contributed by atoms with Crippen LogP contribution < -0.4 is 0 Å². The number of carbonyl (C=O) groups is 1. The SMILES string of the molecule is CC(C)(CC(=O)O)S(=O)(=O)c1cccc(C(F)(F)F)c1. The number of carboxylic acids is 1. The lowest BCUT2D eigenvalue weighted by Crippen LogP contribution is -2.34. The Morgan fingerprint density at radius 3 is 2.25 bits per heavy atom. The van der Waals surface area contributed by atoms with Gasteiger partial charge in [-0.1, -0.05) is 6.07 Å². The first kappa shape index (κ1) is 16.5. The van der Waals surface area contributed by atoms with E-state index < -0.39 is 43.6 Å². The van der Waals surface area contributed by atoms with Gasteiger partial charge in [0.25, 0.3) is 0 Å². The minimum Gasteiger partial charge on any atom is -0.481 e. The van der Waals surface area contributed by atoms with Crippen LogP contribution in [0.15, 0.2) is 29.2 Å². The summed E-state index contributed by atoms with van der Waals surface area (Å²) in [6, 6.07) is 3.27. The Balaban J connectivity index is 3.33. The van der Waals surface area contributed by atoms with E-state index in [-0.39, 0.29) is 0 Å². The zero-order valence-corrected chi connectivity index (χ0v) is 11.5. The second kappa shape index (κ2) is 5.08. The predicted octanol–water partition coefficient (Wildman–Crippen LogP) is 2.73. The first-order valence-corrected chi connectivity index (χ1v) is 7.00. The molecule has 0 aromatic heterocycles. The molecule has 20 heavy (non-hydrogen) atoms. The quantitative estimate of drug-likeness (QED) is 0.928. The summed E-state index contributed by atoms with van der Waals surface area (Å²) in [5.41, 5.74) is -1.09. The number of carboxylic acid groups (broad SMARTS) is 1. The number of rotatable bonds is 4. The molecule has 0 unspecified atom stereocenters. The van der Waals surface area contributed by atoms with Crippen molar-refractivity contribution >= 4 is 15.8 Å². The summed E-state index contributed by atoms with van der Waals surface area (Å²) in [6.07, 6.45) is -5.37. The van der Waals surface area contributed by atoms with Gasteiger partial charge in [0.1, 0.15) is 0 Å². The molecule has 0 aliphatic rings. The van der Waals surface area contributed by atoms with Gasteiger partial charge in [0.05, 0.1) is 21.6 Å².